The van der Waals surface area contributed by atoms with Crippen LogP contribution >= 0.6 is 0 Å². The smallest absolute Gasteiger partial charge is 0.270 e. The van der Waals surface area contributed by atoms with Gasteiger partial charge in [-0.3, -0.25) is 9.59 Å². The summed E-state index contributed by atoms with van der Waals surface area (Å²) in [6.07, 6.45) is 0. The fraction of sp³-hybridized carbons (Fsp3) is 0.167. The van der Waals surface area contributed by atoms with Crippen LogP contribution in [0.3, 0.4) is 0 Å². The number of aromatic amines is 1. The number of carbonyl (C=O) groups is 2. The second kappa shape index (κ2) is 7.91. The summed E-state index contributed by atoms with van der Waals surface area (Å²) < 4.78 is 5.51. The lowest BCUT2D eigenvalue weighted by atomic mass is 10.1. The molecular formula is C24H23N3O3. The average molecular weight is 401 g/mol. The van der Waals surface area contributed by atoms with E-state index in [9.17, 15) is 9.59 Å². The maximum absolute atomic E-state index is 12.9. The fourth-order valence-corrected chi connectivity index (χ4v) is 3.41. The molecule has 2 heterocycles. The molecule has 30 heavy (non-hydrogen) atoms. The lowest BCUT2D eigenvalue weighted by Gasteiger charge is -2.09. The lowest BCUT2D eigenvalue weighted by molar-refractivity contribution is 0.0944. The molecule has 152 valence electrons. The van der Waals surface area contributed by atoms with E-state index < -0.39 is 0 Å². The molecular weight excluding hydrogens is 378 g/mol. The van der Waals surface area contributed by atoms with Crippen LogP contribution in [0.15, 0.2) is 59.0 Å². The zero-order valence-corrected chi connectivity index (χ0v) is 17.1. The molecule has 6 nitrogen and oxygen atoms in total. The predicted octanol–water partition coefficient (Wildman–Crippen LogP) is 4.87. The summed E-state index contributed by atoms with van der Waals surface area (Å²) in [6.45, 7) is 6.01. The summed E-state index contributed by atoms with van der Waals surface area (Å²) in [6, 6.07) is 16.8. The Balaban J connectivity index is 1.66. The average Bonchev–Trinajstić information content (AvgIpc) is 3.29. The van der Waals surface area contributed by atoms with Gasteiger partial charge in [0.2, 0.25) is 0 Å². The number of aromatic nitrogens is 1. The number of H-pyrrole nitrogens is 1. The van der Waals surface area contributed by atoms with E-state index >= 15 is 0 Å². The van der Waals surface area contributed by atoms with Crippen molar-refractivity contribution in [3.8, 4) is 0 Å². The van der Waals surface area contributed by atoms with Crippen LogP contribution in [0.5, 0.6) is 0 Å². The normalized spacial score (nSPS) is 10.9. The van der Waals surface area contributed by atoms with Crippen LogP contribution in [0, 0.1) is 20.8 Å². The molecule has 0 atom stereocenters. The second-order valence-corrected chi connectivity index (χ2v) is 7.44. The first-order chi connectivity index (χ1) is 14.4. The molecule has 0 fully saturated rings. The van der Waals surface area contributed by atoms with Gasteiger partial charge in [-0.15, -0.1) is 0 Å². The van der Waals surface area contributed by atoms with Gasteiger partial charge < -0.3 is 20.0 Å². The summed E-state index contributed by atoms with van der Waals surface area (Å²) in [5.74, 6) is 0.860. The lowest BCUT2D eigenvalue weighted by Crippen LogP contribution is -2.24. The first-order valence-electron chi connectivity index (χ1n) is 9.74. The summed E-state index contributed by atoms with van der Waals surface area (Å²) in [4.78, 5) is 29.0. The number of furan rings is 1. The fourth-order valence-electron chi connectivity index (χ4n) is 3.41. The zero-order valence-electron chi connectivity index (χ0n) is 17.1. The van der Waals surface area contributed by atoms with Crippen molar-refractivity contribution in [2.45, 2.75) is 27.3 Å². The van der Waals surface area contributed by atoms with Gasteiger partial charge in [0, 0.05) is 16.5 Å². The van der Waals surface area contributed by atoms with Crippen molar-refractivity contribution in [1.82, 2.24) is 10.3 Å². The minimum atomic E-state index is -0.322. The molecule has 0 radical (unpaired) electrons. The van der Waals surface area contributed by atoms with Crippen molar-refractivity contribution in [2.24, 2.45) is 0 Å². The quantitative estimate of drug-likeness (QED) is 0.446. The van der Waals surface area contributed by atoms with Gasteiger partial charge in [-0.05, 0) is 57.2 Å². The van der Waals surface area contributed by atoms with Gasteiger partial charge in [-0.2, -0.15) is 0 Å². The monoisotopic (exact) mass is 401 g/mol. The Hall–Kier alpha value is -3.80. The number of nitrogens with one attached hydrogen (secondary N) is 3. The molecule has 0 bridgehead atoms. The Labute approximate surface area is 174 Å². The summed E-state index contributed by atoms with van der Waals surface area (Å²) in [5.41, 5.74) is 4.11. The number of amides is 2. The van der Waals surface area contributed by atoms with Crippen molar-refractivity contribution >= 4 is 28.4 Å². The topological polar surface area (TPSA) is 87.1 Å². The molecule has 6 heteroatoms. The minimum Gasteiger partial charge on any atom is -0.465 e. The molecule has 0 unspecified atom stereocenters. The van der Waals surface area contributed by atoms with Gasteiger partial charge >= 0.3 is 0 Å². The number of anilines is 1. The number of hydrogen-bond acceptors (Lipinski definition) is 3. The van der Waals surface area contributed by atoms with E-state index in [1.54, 1.807) is 6.07 Å². The second-order valence-electron chi connectivity index (χ2n) is 7.44. The van der Waals surface area contributed by atoms with Crippen LogP contribution in [0.1, 0.15) is 43.5 Å². The standard InChI is InChI=1S/C24H23N3O3/c1-14-5-4-6-17(11-14)23(28)27-21-19-12-15(2)7-10-20(19)26-22(21)24(29)25-13-18-9-8-16(3)30-18/h4-12,26H,13H2,1-3H3,(H,25,29)(H,27,28). The van der Waals surface area contributed by atoms with Crippen LogP contribution in [0.25, 0.3) is 10.9 Å². The van der Waals surface area contributed by atoms with Crippen LogP contribution in [0.2, 0.25) is 0 Å². The van der Waals surface area contributed by atoms with Gasteiger partial charge in [0.05, 0.1) is 12.2 Å². The third kappa shape index (κ3) is 3.98. The highest BCUT2D eigenvalue weighted by atomic mass is 16.3. The Bertz CT molecular complexity index is 1250. The number of carbonyl (C=O) groups excluding carboxylic acids is 2. The molecule has 3 N–H and O–H groups in total. The Morgan fingerprint density at radius 2 is 1.73 bits per heavy atom. The molecule has 0 aliphatic heterocycles. The first-order valence-corrected chi connectivity index (χ1v) is 9.74. The number of hydrogen-bond donors (Lipinski definition) is 3. The van der Waals surface area contributed by atoms with E-state index in [1.165, 1.54) is 0 Å². The molecule has 4 rings (SSSR count). The van der Waals surface area contributed by atoms with Gasteiger partial charge in [0.15, 0.2) is 0 Å². The van der Waals surface area contributed by atoms with Crippen LogP contribution in [-0.4, -0.2) is 16.8 Å². The number of aryl methyl sites for hydroxylation is 3. The van der Waals surface area contributed by atoms with Crippen LogP contribution in [-0.2, 0) is 6.54 Å². The van der Waals surface area contributed by atoms with E-state index in [4.69, 9.17) is 4.42 Å². The molecule has 2 aromatic carbocycles. The largest absolute Gasteiger partial charge is 0.465 e. The van der Waals surface area contributed by atoms with Gasteiger partial charge in [0.25, 0.3) is 11.8 Å². The molecule has 0 aliphatic carbocycles. The van der Waals surface area contributed by atoms with Crippen LogP contribution < -0.4 is 10.6 Å². The van der Waals surface area contributed by atoms with E-state index in [2.05, 4.69) is 15.6 Å². The summed E-state index contributed by atoms with van der Waals surface area (Å²) >= 11 is 0. The molecule has 2 amide bonds. The van der Waals surface area contributed by atoms with Crippen molar-refractivity contribution in [3.63, 3.8) is 0 Å². The van der Waals surface area contributed by atoms with E-state index in [0.717, 1.165) is 27.8 Å². The maximum atomic E-state index is 12.9. The van der Waals surface area contributed by atoms with Crippen molar-refractivity contribution in [2.75, 3.05) is 5.32 Å². The van der Waals surface area contributed by atoms with Crippen molar-refractivity contribution in [1.29, 1.82) is 0 Å². The van der Waals surface area contributed by atoms with Gasteiger partial charge in [0.1, 0.15) is 17.2 Å². The molecule has 0 aliphatic rings. The summed E-state index contributed by atoms with van der Waals surface area (Å²) in [7, 11) is 0. The van der Waals surface area contributed by atoms with Crippen molar-refractivity contribution in [3.05, 3.63) is 88.5 Å². The van der Waals surface area contributed by atoms with Gasteiger partial charge in [-0.25, -0.2) is 0 Å². The van der Waals surface area contributed by atoms with E-state index in [0.29, 0.717) is 22.7 Å². The van der Waals surface area contributed by atoms with E-state index in [1.807, 2.05) is 69.3 Å². The Morgan fingerprint density at radius 3 is 2.47 bits per heavy atom. The van der Waals surface area contributed by atoms with Gasteiger partial charge in [-0.1, -0.05) is 29.3 Å². The van der Waals surface area contributed by atoms with E-state index in [-0.39, 0.29) is 18.4 Å². The summed E-state index contributed by atoms with van der Waals surface area (Å²) in [5, 5.41) is 6.57. The third-order valence-corrected chi connectivity index (χ3v) is 4.92. The molecule has 2 aromatic heterocycles. The number of rotatable bonds is 5. The molecule has 0 saturated carbocycles. The van der Waals surface area contributed by atoms with Crippen LogP contribution in [0.4, 0.5) is 5.69 Å². The highest BCUT2D eigenvalue weighted by Crippen LogP contribution is 2.29. The minimum absolute atomic E-state index is 0.256. The maximum Gasteiger partial charge on any atom is 0.270 e. The number of benzene rings is 2. The molecule has 0 saturated heterocycles. The predicted molar refractivity (Wildman–Crippen MR) is 117 cm³/mol. The first kappa shape index (κ1) is 19.5. The SMILES string of the molecule is Cc1cccc(C(=O)Nc2c(C(=O)NCc3ccc(C)o3)[nH]c3ccc(C)cc23)c1. The third-order valence-electron chi connectivity index (χ3n) is 4.92. The highest BCUT2D eigenvalue weighted by Gasteiger charge is 2.20. The molecule has 4 aromatic rings. The van der Waals surface area contributed by atoms with Crippen molar-refractivity contribution < 1.29 is 14.0 Å². The number of fused-ring (bicyclic) bond motifs is 1. The molecule has 0 spiro atoms. The Morgan fingerprint density at radius 1 is 0.933 bits per heavy atom. The highest BCUT2D eigenvalue weighted by molar-refractivity contribution is 6.15. The Kier molecular flexibility index (Phi) is 5.14. The zero-order chi connectivity index (χ0) is 21.3.